The molecule has 0 radical (unpaired) electrons. The van der Waals surface area contributed by atoms with E-state index >= 15 is 0 Å². The number of nitrogens with zero attached hydrogens (tertiary/aromatic N) is 1. The number of hydrogen-bond acceptors (Lipinski definition) is 2. The summed E-state index contributed by atoms with van der Waals surface area (Å²) in [6.07, 6.45) is 2.33. The standard InChI is InChI=1S/C20H22ClFN2O/c1-14-9-11-24(12-10-14)16-7-5-15(6-8-16)23-20(25)13-17-18(21)3-2-4-19(17)22/h2-8,14H,9-13H2,1H3,(H,23,25). The number of carbonyl (C=O) groups is 1. The van der Waals surface area contributed by atoms with Gasteiger partial charge in [0.25, 0.3) is 0 Å². The molecule has 0 bridgehead atoms. The lowest BCUT2D eigenvalue weighted by atomic mass is 9.99. The lowest BCUT2D eigenvalue weighted by molar-refractivity contribution is -0.115. The predicted octanol–water partition coefficient (Wildman–Crippen LogP) is 4.90. The summed E-state index contributed by atoms with van der Waals surface area (Å²) in [7, 11) is 0. The average molecular weight is 361 g/mol. The van der Waals surface area contributed by atoms with E-state index in [0.717, 1.165) is 19.0 Å². The van der Waals surface area contributed by atoms with Gasteiger partial charge in [-0.3, -0.25) is 4.79 Å². The molecule has 0 saturated carbocycles. The average Bonchev–Trinajstić information content (AvgIpc) is 2.60. The van der Waals surface area contributed by atoms with Crippen LogP contribution in [0.25, 0.3) is 0 Å². The van der Waals surface area contributed by atoms with Gasteiger partial charge in [0, 0.05) is 35.1 Å². The summed E-state index contributed by atoms with van der Waals surface area (Å²) in [5.41, 5.74) is 2.09. The molecule has 3 rings (SSSR count). The normalized spacial score (nSPS) is 15.2. The third-order valence-electron chi connectivity index (χ3n) is 4.70. The van der Waals surface area contributed by atoms with E-state index in [1.165, 1.54) is 30.7 Å². The molecule has 1 aliphatic heterocycles. The van der Waals surface area contributed by atoms with Crippen molar-refractivity contribution in [2.45, 2.75) is 26.2 Å². The molecule has 0 unspecified atom stereocenters. The molecule has 5 heteroatoms. The topological polar surface area (TPSA) is 32.3 Å². The number of rotatable bonds is 4. The first-order valence-electron chi connectivity index (χ1n) is 8.60. The molecule has 2 aromatic carbocycles. The van der Waals surface area contributed by atoms with Crippen molar-refractivity contribution in [2.24, 2.45) is 5.92 Å². The van der Waals surface area contributed by atoms with E-state index in [9.17, 15) is 9.18 Å². The van der Waals surface area contributed by atoms with Crippen LogP contribution in [0.5, 0.6) is 0 Å². The van der Waals surface area contributed by atoms with Gasteiger partial charge in [-0.15, -0.1) is 0 Å². The Morgan fingerprint density at radius 1 is 1.20 bits per heavy atom. The predicted molar refractivity (Wildman–Crippen MR) is 101 cm³/mol. The van der Waals surface area contributed by atoms with Crippen molar-refractivity contribution in [3.8, 4) is 0 Å². The van der Waals surface area contributed by atoms with Gasteiger partial charge in [0.15, 0.2) is 0 Å². The molecule has 0 spiro atoms. The van der Waals surface area contributed by atoms with Gasteiger partial charge in [-0.25, -0.2) is 4.39 Å². The smallest absolute Gasteiger partial charge is 0.228 e. The fourth-order valence-electron chi connectivity index (χ4n) is 3.09. The first kappa shape index (κ1) is 17.7. The Balaban J connectivity index is 1.60. The summed E-state index contributed by atoms with van der Waals surface area (Å²) in [5, 5.41) is 3.07. The van der Waals surface area contributed by atoms with Crippen LogP contribution in [0, 0.1) is 11.7 Å². The molecule has 0 aromatic heterocycles. The number of nitrogens with one attached hydrogen (secondary N) is 1. The Hall–Kier alpha value is -2.07. The summed E-state index contributed by atoms with van der Waals surface area (Å²) in [5.74, 6) is 0.0453. The van der Waals surface area contributed by atoms with Crippen LogP contribution in [-0.4, -0.2) is 19.0 Å². The molecule has 1 fully saturated rings. The monoisotopic (exact) mass is 360 g/mol. The minimum Gasteiger partial charge on any atom is -0.372 e. The second-order valence-electron chi connectivity index (χ2n) is 6.64. The second kappa shape index (κ2) is 7.87. The van der Waals surface area contributed by atoms with Gasteiger partial charge in [-0.05, 0) is 55.2 Å². The maximum absolute atomic E-state index is 13.8. The molecule has 0 aliphatic carbocycles. The van der Waals surface area contributed by atoms with E-state index in [-0.39, 0.29) is 22.9 Å². The van der Waals surface area contributed by atoms with Crippen molar-refractivity contribution in [3.05, 3.63) is 58.9 Å². The largest absolute Gasteiger partial charge is 0.372 e. The number of amides is 1. The zero-order valence-corrected chi connectivity index (χ0v) is 15.0. The highest BCUT2D eigenvalue weighted by Gasteiger charge is 2.16. The van der Waals surface area contributed by atoms with Gasteiger partial charge in [-0.2, -0.15) is 0 Å². The minimum atomic E-state index is -0.461. The van der Waals surface area contributed by atoms with Crippen molar-refractivity contribution >= 4 is 28.9 Å². The molecule has 1 N–H and O–H groups in total. The summed E-state index contributed by atoms with van der Waals surface area (Å²) in [6.45, 7) is 4.43. The van der Waals surface area contributed by atoms with Gasteiger partial charge in [0.05, 0.1) is 6.42 Å². The van der Waals surface area contributed by atoms with Crippen LogP contribution in [0.2, 0.25) is 5.02 Å². The van der Waals surface area contributed by atoms with E-state index < -0.39 is 5.82 Å². The summed E-state index contributed by atoms with van der Waals surface area (Å²) in [4.78, 5) is 14.5. The molecule has 1 saturated heterocycles. The van der Waals surface area contributed by atoms with Crippen LogP contribution < -0.4 is 10.2 Å². The quantitative estimate of drug-likeness (QED) is 0.841. The molecule has 132 valence electrons. The number of benzene rings is 2. The molecular weight excluding hydrogens is 339 g/mol. The SMILES string of the molecule is CC1CCN(c2ccc(NC(=O)Cc3c(F)cccc3Cl)cc2)CC1. The Kier molecular flexibility index (Phi) is 5.59. The Morgan fingerprint density at radius 3 is 2.52 bits per heavy atom. The number of hydrogen-bond donors (Lipinski definition) is 1. The van der Waals surface area contributed by atoms with Crippen molar-refractivity contribution in [2.75, 3.05) is 23.3 Å². The third kappa shape index (κ3) is 4.51. The van der Waals surface area contributed by atoms with Gasteiger partial charge >= 0.3 is 0 Å². The van der Waals surface area contributed by atoms with E-state index in [1.807, 2.05) is 24.3 Å². The van der Waals surface area contributed by atoms with Crippen LogP contribution in [0.4, 0.5) is 15.8 Å². The third-order valence-corrected chi connectivity index (χ3v) is 5.05. The van der Waals surface area contributed by atoms with E-state index in [0.29, 0.717) is 5.69 Å². The van der Waals surface area contributed by atoms with Gasteiger partial charge in [0.2, 0.25) is 5.91 Å². The Labute approximate surface area is 152 Å². The zero-order chi connectivity index (χ0) is 17.8. The van der Waals surface area contributed by atoms with Gasteiger partial charge < -0.3 is 10.2 Å². The maximum Gasteiger partial charge on any atom is 0.228 e. The fraction of sp³-hybridized carbons (Fsp3) is 0.350. The van der Waals surface area contributed by atoms with Crippen LogP contribution in [0.3, 0.4) is 0 Å². The highest BCUT2D eigenvalue weighted by atomic mass is 35.5. The van der Waals surface area contributed by atoms with Crippen molar-refractivity contribution < 1.29 is 9.18 Å². The molecule has 0 atom stereocenters. The molecule has 1 aliphatic rings. The number of anilines is 2. The number of halogens is 2. The Morgan fingerprint density at radius 2 is 1.88 bits per heavy atom. The number of piperidine rings is 1. The van der Waals surface area contributed by atoms with Crippen LogP contribution in [0.15, 0.2) is 42.5 Å². The molecule has 2 aromatic rings. The second-order valence-corrected chi connectivity index (χ2v) is 7.05. The minimum absolute atomic E-state index is 0.0860. The maximum atomic E-state index is 13.8. The van der Waals surface area contributed by atoms with Crippen molar-refractivity contribution in [1.29, 1.82) is 0 Å². The summed E-state index contributed by atoms with van der Waals surface area (Å²) in [6, 6.07) is 12.2. The van der Waals surface area contributed by atoms with Crippen LogP contribution in [0.1, 0.15) is 25.3 Å². The van der Waals surface area contributed by atoms with Crippen LogP contribution in [-0.2, 0) is 11.2 Å². The highest BCUT2D eigenvalue weighted by molar-refractivity contribution is 6.31. The van der Waals surface area contributed by atoms with Crippen LogP contribution >= 0.6 is 11.6 Å². The Bertz CT molecular complexity index is 720. The highest BCUT2D eigenvalue weighted by Crippen LogP contribution is 2.25. The van der Waals surface area contributed by atoms with E-state index in [2.05, 4.69) is 17.1 Å². The first-order valence-corrected chi connectivity index (χ1v) is 8.98. The molecule has 3 nitrogen and oxygen atoms in total. The molecular formula is C20H22ClFN2O. The molecule has 1 amide bonds. The molecule has 25 heavy (non-hydrogen) atoms. The van der Waals surface area contributed by atoms with Crippen molar-refractivity contribution in [1.82, 2.24) is 0 Å². The van der Waals surface area contributed by atoms with E-state index in [1.54, 1.807) is 6.07 Å². The van der Waals surface area contributed by atoms with Gasteiger partial charge in [0.1, 0.15) is 5.82 Å². The van der Waals surface area contributed by atoms with Crippen molar-refractivity contribution in [3.63, 3.8) is 0 Å². The molecule has 1 heterocycles. The lowest BCUT2D eigenvalue weighted by Crippen LogP contribution is -2.32. The summed E-state index contributed by atoms with van der Waals surface area (Å²) >= 11 is 5.97. The lowest BCUT2D eigenvalue weighted by Gasteiger charge is -2.32. The van der Waals surface area contributed by atoms with Gasteiger partial charge in [-0.1, -0.05) is 24.6 Å². The first-order chi connectivity index (χ1) is 12.0. The fourth-order valence-corrected chi connectivity index (χ4v) is 3.32. The zero-order valence-electron chi connectivity index (χ0n) is 14.3. The number of carbonyl (C=O) groups excluding carboxylic acids is 1. The summed E-state index contributed by atoms with van der Waals surface area (Å²) < 4.78 is 13.8. The van der Waals surface area contributed by atoms with E-state index in [4.69, 9.17) is 11.6 Å².